The van der Waals surface area contributed by atoms with Crippen LogP contribution in [0.15, 0.2) is 72.9 Å². The SMILES string of the molecule is CCNC(=O)Nc1ccc(CN(CCc2c[nH]c3cc(F)ccc23)C2CCc3cc(C=CC(=O)NO)ccc32)cc1. The predicted octanol–water partition coefficient (Wildman–Crippen LogP) is 5.70. The van der Waals surface area contributed by atoms with Gasteiger partial charge in [-0.3, -0.25) is 14.9 Å². The number of fused-ring (bicyclic) bond motifs is 2. The first-order valence-corrected chi connectivity index (χ1v) is 13.8. The van der Waals surface area contributed by atoms with Crippen molar-refractivity contribution in [2.45, 2.75) is 38.8 Å². The van der Waals surface area contributed by atoms with E-state index in [1.54, 1.807) is 11.6 Å². The Hall–Kier alpha value is -4.47. The molecule has 8 nitrogen and oxygen atoms in total. The minimum Gasteiger partial charge on any atom is -0.361 e. The molecule has 41 heavy (non-hydrogen) atoms. The van der Waals surface area contributed by atoms with E-state index < -0.39 is 5.91 Å². The molecule has 0 bridgehead atoms. The molecule has 1 heterocycles. The van der Waals surface area contributed by atoms with Crippen molar-refractivity contribution < 1.29 is 19.2 Å². The van der Waals surface area contributed by atoms with Gasteiger partial charge in [-0.25, -0.2) is 14.7 Å². The second-order valence-electron chi connectivity index (χ2n) is 10.2. The Morgan fingerprint density at radius 3 is 2.73 bits per heavy atom. The normalized spacial score (nSPS) is 14.5. The zero-order chi connectivity index (χ0) is 28.8. The molecule has 5 N–H and O–H groups in total. The number of rotatable bonds is 10. The molecule has 1 aromatic heterocycles. The summed E-state index contributed by atoms with van der Waals surface area (Å²) in [6, 6.07) is 19.0. The summed E-state index contributed by atoms with van der Waals surface area (Å²) < 4.78 is 13.7. The van der Waals surface area contributed by atoms with Gasteiger partial charge in [-0.15, -0.1) is 0 Å². The van der Waals surface area contributed by atoms with E-state index in [9.17, 15) is 14.0 Å². The van der Waals surface area contributed by atoms with Crippen LogP contribution in [0.25, 0.3) is 17.0 Å². The second kappa shape index (κ2) is 12.8. The molecule has 3 aromatic carbocycles. The lowest BCUT2D eigenvalue weighted by molar-refractivity contribution is -0.124. The molecule has 1 aliphatic rings. The number of hydrogen-bond acceptors (Lipinski definition) is 4. The van der Waals surface area contributed by atoms with E-state index in [4.69, 9.17) is 5.21 Å². The Morgan fingerprint density at radius 1 is 1.12 bits per heavy atom. The standard InChI is InChI=1S/C32H34FN5O3/c1-2-34-32(40)36-26-9-3-22(4-10-26)20-38(16-15-24-19-35-29-18-25(33)8-12-27(24)29)30-13-7-23-17-21(5-11-28(23)30)6-14-31(39)37-41/h3-6,8-12,14,17-19,30,35,41H,2,7,13,15-16,20H2,1H3,(H,37,39)(H2,34,36,40). The number of aromatic nitrogens is 1. The first-order chi connectivity index (χ1) is 19.9. The van der Waals surface area contributed by atoms with E-state index in [2.05, 4.69) is 32.7 Å². The molecule has 1 aliphatic carbocycles. The number of aryl methyl sites for hydroxylation is 1. The Labute approximate surface area is 238 Å². The van der Waals surface area contributed by atoms with Gasteiger partial charge in [0.15, 0.2) is 0 Å². The maximum atomic E-state index is 13.7. The number of nitrogens with zero attached hydrogens (tertiary/aromatic N) is 1. The van der Waals surface area contributed by atoms with Gasteiger partial charge in [0.25, 0.3) is 5.91 Å². The number of amides is 3. The van der Waals surface area contributed by atoms with E-state index in [0.717, 1.165) is 65.6 Å². The Morgan fingerprint density at radius 2 is 1.95 bits per heavy atom. The van der Waals surface area contributed by atoms with Crippen LogP contribution in [-0.4, -0.2) is 40.1 Å². The molecule has 0 fully saturated rings. The van der Waals surface area contributed by atoms with Crippen LogP contribution in [0.5, 0.6) is 0 Å². The van der Waals surface area contributed by atoms with Crippen molar-refractivity contribution in [2.75, 3.05) is 18.4 Å². The van der Waals surface area contributed by atoms with Crippen molar-refractivity contribution in [1.82, 2.24) is 20.7 Å². The topological polar surface area (TPSA) is 109 Å². The van der Waals surface area contributed by atoms with Crippen molar-refractivity contribution >= 4 is 34.6 Å². The number of nitrogens with one attached hydrogen (secondary N) is 4. The fraction of sp³-hybridized carbons (Fsp3) is 0.250. The summed E-state index contributed by atoms with van der Waals surface area (Å²) in [5.41, 5.74) is 8.84. The second-order valence-corrected chi connectivity index (χ2v) is 10.2. The Bertz CT molecular complexity index is 1560. The molecular formula is C32H34FN5O3. The van der Waals surface area contributed by atoms with Crippen LogP contribution >= 0.6 is 0 Å². The number of hydrogen-bond donors (Lipinski definition) is 5. The van der Waals surface area contributed by atoms with Gasteiger partial charge in [-0.2, -0.15) is 0 Å². The molecule has 0 spiro atoms. The van der Waals surface area contributed by atoms with Crippen molar-refractivity contribution in [3.05, 3.63) is 107 Å². The fourth-order valence-electron chi connectivity index (χ4n) is 5.55. The molecule has 0 saturated heterocycles. The number of carbonyl (C=O) groups is 2. The zero-order valence-corrected chi connectivity index (χ0v) is 22.9. The van der Waals surface area contributed by atoms with Gasteiger partial charge in [0.05, 0.1) is 0 Å². The number of halogens is 1. The maximum absolute atomic E-state index is 13.7. The highest BCUT2D eigenvalue weighted by atomic mass is 19.1. The third-order valence-corrected chi connectivity index (χ3v) is 7.52. The van der Waals surface area contributed by atoms with Crippen molar-refractivity contribution in [1.29, 1.82) is 0 Å². The highest BCUT2D eigenvalue weighted by Crippen LogP contribution is 2.37. The molecule has 5 rings (SSSR count). The lowest BCUT2D eigenvalue weighted by Crippen LogP contribution is -2.29. The van der Waals surface area contributed by atoms with Crippen molar-refractivity contribution in [3.8, 4) is 0 Å². The maximum Gasteiger partial charge on any atom is 0.319 e. The minimum absolute atomic E-state index is 0.208. The van der Waals surface area contributed by atoms with E-state index in [0.29, 0.717) is 6.54 Å². The number of anilines is 1. The van der Waals surface area contributed by atoms with Crippen LogP contribution < -0.4 is 16.1 Å². The molecule has 0 radical (unpaired) electrons. The number of aromatic amines is 1. The molecule has 212 valence electrons. The summed E-state index contributed by atoms with van der Waals surface area (Å²) in [7, 11) is 0. The minimum atomic E-state index is -0.568. The lowest BCUT2D eigenvalue weighted by Gasteiger charge is -2.30. The van der Waals surface area contributed by atoms with Gasteiger partial charge in [0.2, 0.25) is 0 Å². The average Bonchev–Trinajstić information content (AvgIpc) is 3.58. The van der Waals surface area contributed by atoms with Gasteiger partial charge >= 0.3 is 6.03 Å². The van der Waals surface area contributed by atoms with Gasteiger partial charge in [-0.05, 0) is 90.4 Å². The number of benzene rings is 3. The largest absolute Gasteiger partial charge is 0.361 e. The molecule has 4 aromatic rings. The summed E-state index contributed by atoms with van der Waals surface area (Å²) >= 11 is 0. The van der Waals surface area contributed by atoms with E-state index in [-0.39, 0.29) is 17.9 Å². The third kappa shape index (κ3) is 6.82. The highest BCUT2D eigenvalue weighted by Gasteiger charge is 2.28. The smallest absolute Gasteiger partial charge is 0.319 e. The fourth-order valence-corrected chi connectivity index (χ4v) is 5.55. The molecule has 0 saturated carbocycles. The number of H-pyrrole nitrogens is 1. The summed E-state index contributed by atoms with van der Waals surface area (Å²) in [5.74, 6) is -0.826. The Balaban J connectivity index is 1.37. The van der Waals surface area contributed by atoms with Gasteiger partial charge in [0.1, 0.15) is 5.82 Å². The van der Waals surface area contributed by atoms with Gasteiger partial charge in [-0.1, -0.05) is 30.3 Å². The molecule has 0 aliphatic heterocycles. The predicted molar refractivity (Wildman–Crippen MR) is 158 cm³/mol. The van der Waals surface area contributed by atoms with Gasteiger partial charge in [0, 0.05) is 54.5 Å². The van der Waals surface area contributed by atoms with Crippen molar-refractivity contribution in [3.63, 3.8) is 0 Å². The molecule has 1 unspecified atom stereocenters. The van der Waals surface area contributed by atoms with Gasteiger partial charge < -0.3 is 15.6 Å². The first kappa shape index (κ1) is 28.1. The summed E-state index contributed by atoms with van der Waals surface area (Å²) in [5, 5.41) is 15.4. The number of carbonyl (C=O) groups excluding carboxylic acids is 2. The van der Waals surface area contributed by atoms with E-state index in [1.165, 1.54) is 29.3 Å². The van der Waals surface area contributed by atoms with E-state index >= 15 is 0 Å². The molecule has 3 amide bonds. The summed E-state index contributed by atoms with van der Waals surface area (Å²) in [6.07, 6.45) is 7.64. The van der Waals surface area contributed by atoms with Crippen LogP contribution in [0.2, 0.25) is 0 Å². The summed E-state index contributed by atoms with van der Waals surface area (Å²) in [6.45, 7) is 3.95. The third-order valence-electron chi connectivity index (χ3n) is 7.52. The quantitative estimate of drug-likeness (QED) is 0.0983. The number of urea groups is 1. The molecule has 9 heteroatoms. The van der Waals surface area contributed by atoms with Crippen LogP contribution in [0.4, 0.5) is 14.9 Å². The van der Waals surface area contributed by atoms with Crippen LogP contribution in [0.3, 0.4) is 0 Å². The van der Waals surface area contributed by atoms with Crippen molar-refractivity contribution in [2.24, 2.45) is 0 Å². The Kier molecular flexibility index (Phi) is 8.76. The average molecular weight is 556 g/mol. The number of hydroxylamine groups is 1. The van der Waals surface area contributed by atoms with Crippen LogP contribution in [0.1, 0.15) is 47.2 Å². The van der Waals surface area contributed by atoms with Crippen LogP contribution in [-0.2, 0) is 24.2 Å². The molecular weight excluding hydrogens is 521 g/mol. The van der Waals surface area contributed by atoms with Crippen LogP contribution in [0, 0.1) is 5.82 Å². The lowest BCUT2D eigenvalue weighted by atomic mass is 10.0. The zero-order valence-electron chi connectivity index (χ0n) is 22.9. The molecule has 1 atom stereocenters. The monoisotopic (exact) mass is 555 g/mol. The highest BCUT2D eigenvalue weighted by molar-refractivity contribution is 5.91. The first-order valence-electron chi connectivity index (χ1n) is 13.8. The van der Waals surface area contributed by atoms with E-state index in [1.807, 2.05) is 49.5 Å². The summed E-state index contributed by atoms with van der Waals surface area (Å²) in [4.78, 5) is 29.0.